The number of rotatable bonds is 6. The van der Waals surface area contributed by atoms with Crippen LogP contribution >= 0.6 is 28.3 Å². The van der Waals surface area contributed by atoms with Crippen molar-refractivity contribution in [2.75, 3.05) is 13.1 Å². The molecular formula is C16H22Br2CoN4. The number of nitrogens with zero attached hydrogens (tertiary/aromatic N) is 3. The topological polar surface area (TPSA) is 55.0 Å². The molecule has 7 heteroatoms. The van der Waals surface area contributed by atoms with E-state index >= 15 is 0 Å². The standard InChI is InChI=1S/C16H22N4.2BrH.Co/c1-13-5-3-7-15(18-13)11-20(10-9-17)12-16-8-4-6-14(2)19-16;;;/h3-8H,9-12,17H2,1-2H3;2*1H;/q;;;+2/p-2. The van der Waals surface area contributed by atoms with Crippen molar-refractivity contribution in [1.82, 2.24) is 14.9 Å². The molecule has 0 unspecified atom stereocenters. The second-order valence-electron chi connectivity index (χ2n) is 5.09. The number of halogens is 2. The van der Waals surface area contributed by atoms with Crippen LogP contribution in [0.15, 0.2) is 36.4 Å². The van der Waals surface area contributed by atoms with Crippen molar-refractivity contribution < 1.29 is 11.1 Å². The summed E-state index contributed by atoms with van der Waals surface area (Å²) in [5.74, 6) is 0. The van der Waals surface area contributed by atoms with Crippen LogP contribution in [0.5, 0.6) is 0 Å². The Bertz CT molecular complexity index is 536. The molecule has 0 aromatic carbocycles. The fourth-order valence-electron chi connectivity index (χ4n) is 2.23. The average molecular weight is 489 g/mol. The van der Waals surface area contributed by atoms with Crippen molar-refractivity contribution in [2.45, 2.75) is 26.9 Å². The van der Waals surface area contributed by atoms with Crippen LogP contribution in [0.1, 0.15) is 22.8 Å². The number of aromatic nitrogens is 2. The van der Waals surface area contributed by atoms with Gasteiger partial charge in [0.05, 0.1) is 11.4 Å². The van der Waals surface area contributed by atoms with E-state index in [0.29, 0.717) is 6.54 Å². The van der Waals surface area contributed by atoms with Crippen molar-refractivity contribution in [2.24, 2.45) is 5.73 Å². The molecule has 0 bridgehead atoms. The van der Waals surface area contributed by atoms with E-state index < -0.39 is 0 Å². The molecule has 2 aromatic rings. The van der Waals surface area contributed by atoms with Gasteiger partial charge in [-0.3, -0.25) is 14.9 Å². The summed E-state index contributed by atoms with van der Waals surface area (Å²) in [4.78, 5) is 11.4. The molecule has 129 valence electrons. The Kier molecular flexibility index (Phi) is 10.9. The first-order valence-electron chi connectivity index (χ1n) is 7.20. The zero-order valence-corrected chi connectivity index (χ0v) is 17.5. The first-order chi connectivity index (χ1) is 11.1. The van der Waals surface area contributed by atoms with Gasteiger partial charge in [0.1, 0.15) is 0 Å². The van der Waals surface area contributed by atoms with Crippen molar-refractivity contribution in [3.05, 3.63) is 59.2 Å². The fourth-order valence-corrected chi connectivity index (χ4v) is 2.23. The number of nitrogens with two attached hydrogens (primary N) is 1. The van der Waals surface area contributed by atoms with Crippen LogP contribution < -0.4 is 5.73 Å². The monoisotopic (exact) mass is 487 g/mol. The number of hydrogen-bond donors (Lipinski definition) is 1. The number of pyridine rings is 2. The van der Waals surface area contributed by atoms with Crippen molar-refractivity contribution in [3.8, 4) is 0 Å². The molecule has 2 rings (SSSR count). The molecule has 0 aliphatic carbocycles. The molecule has 0 saturated heterocycles. The van der Waals surface area contributed by atoms with Gasteiger partial charge in [0.2, 0.25) is 0 Å². The van der Waals surface area contributed by atoms with Gasteiger partial charge in [0.15, 0.2) is 0 Å². The van der Waals surface area contributed by atoms with E-state index in [2.05, 4.69) is 55.3 Å². The Labute approximate surface area is 158 Å². The number of aryl methyl sites for hydroxylation is 2. The molecule has 0 fully saturated rings. The fraction of sp³-hybridized carbons (Fsp3) is 0.375. The maximum atomic E-state index is 5.71. The molecule has 2 N–H and O–H groups in total. The molecule has 0 radical (unpaired) electrons. The van der Waals surface area contributed by atoms with Gasteiger partial charge >= 0.3 is 39.5 Å². The third-order valence-electron chi connectivity index (χ3n) is 3.11. The third kappa shape index (κ3) is 8.93. The Balaban J connectivity index is 0.000000816. The van der Waals surface area contributed by atoms with E-state index in [1.54, 1.807) is 0 Å². The summed E-state index contributed by atoms with van der Waals surface area (Å²) >= 11 is 7.12. The Morgan fingerprint density at radius 1 is 0.957 bits per heavy atom. The molecule has 2 aromatic heterocycles. The SMILES string of the molecule is Cc1cccc(CN(CCN)Cc2cccc(C)n2)n1.[Br][Co][Br]. The Morgan fingerprint density at radius 3 is 1.74 bits per heavy atom. The van der Waals surface area contributed by atoms with Gasteiger partial charge in [-0.1, -0.05) is 12.1 Å². The molecule has 23 heavy (non-hydrogen) atoms. The third-order valence-corrected chi connectivity index (χ3v) is 3.11. The van der Waals surface area contributed by atoms with Crippen LogP contribution in [0.4, 0.5) is 0 Å². The Hall–Kier alpha value is -0.314. The zero-order valence-electron chi connectivity index (χ0n) is 13.3. The summed E-state index contributed by atoms with van der Waals surface area (Å²) in [6.45, 7) is 7.10. The Morgan fingerprint density at radius 2 is 1.39 bits per heavy atom. The van der Waals surface area contributed by atoms with Crippen molar-refractivity contribution in [1.29, 1.82) is 0 Å². The van der Waals surface area contributed by atoms with Crippen LogP contribution in [0.2, 0.25) is 0 Å². The average Bonchev–Trinajstić information content (AvgIpc) is 2.48. The quantitative estimate of drug-likeness (QED) is 0.673. The van der Waals surface area contributed by atoms with Gasteiger partial charge in [-0.25, -0.2) is 0 Å². The second kappa shape index (κ2) is 12.1. The molecule has 2 heterocycles. The van der Waals surface area contributed by atoms with E-state index in [-0.39, 0.29) is 0 Å². The normalized spacial score (nSPS) is 10.5. The first kappa shape index (κ1) is 20.7. The molecular weight excluding hydrogens is 467 g/mol. The predicted octanol–water partition coefficient (Wildman–Crippen LogP) is 3.74. The molecule has 0 atom stereocenters. The van der Waals surface area contributed by atoms with Crippen molar-refractivity contribution in [3.63, 3.8) is 0 Å². The summed E-state index contributed by atoms with van der Waals surface area (Å²) in [6, 6.07) is 12.2. The van der Waals surface area contributed by atoms with E-state index in [9.17, 15) is 0 Å². The predicted molar refractivity (Wildman–Crippen MR) is 99.0 cm³/mol. The summed E-state index contributed by atoms with van der Waals surface area (Å²) < 4.78 is 0. The molecule has 0 amide bonds. The summed E-state index contributed by atoms with van der Waals surface area (Å²) in [6.07, 6.45) is 0. The minimum absolute atomic E-state index is 0.637. The van der Waals surface area contributed by atoms with Gasteiger partial charge in [-0.2, -0.15) is 0 Å². The van der Waals surface area contributed by atoms with Gasteiger partial charge in [0, 0.05) is 37.6 Å². The first-order valence-corrected chi connectivity index (χ1v) is 12.3. The van der Waals surface area contributed by atoms with Crippen LogP contribution in [0, 0.1) is 13.8 Å². The molecule has 0 aliphatic heterocycles. The van der Waals surface area contributed by atoms with E-state index in [1.807, 2.05) is 38.1 Å². The molecule has 0 saturated carbocycles. The van der Waals surface area contributed by atoms with E-state index in [4.69, 9.17) is 5.73 Å². The van der Waals surface area contributed by atoms with Crippen LogP contribution in [-0.2, 0) is 24.2 Å². The van der Waals surface area contributed by atoms with Crippen LogP contribution in [-0.4, -0.2) is 28.0 Å². The van der Waals surface area contributed by atoms with Gasteiger partial charge in [0.25, 0.3) is 0 Å². The van der Waals surface area contributed by atoms with E-state index in [1.165, 1.54) is 0 Å². The minimum atomic E-state index is 0.637. The van der Waals surface area contributed by atoms with Gasteiger partial charge in [-0.15, -0.1) is 0 Å². The van der Waals surface area contributed by atoms with Crippen molar-refractivity contribution >= 4 is 28.3 Å². The van der Waals surface area contributed by atoms with Crippen LogP contribution in [0.25, 0.3) is 0 Å². The molecule has 0 aliphatic rings. The van der Waals surface area contributed by atoms with E-state index in [0.717, 1.165) is 53.5 Å². The summed E-state index contributed by atoms with van der Waals surface area (Å²) in [5.41, 5.74) is 9.95. The second-order valence-corrected chi connectivity index (χ2v) is 10.3. The zero-order chi connectivity index (χ0) is 17.1. The molecule has 4 nitrogen and oxygen atoms in total. The maximum absolute atomic E-state index is 5.71. The van der Waals surface area contributed by atoms with Crippen LogP contribution in [0.3, 0.4) is 0 Å². The van der Waals surface area contributed by atoms with Gasteiger partial charge < -0.3 is 5.73 Å². The van der Waals surface area contributed by atoms with Gasteiger partial charge in [-0.05, 0) is 38.1 Å². The number of hydrogen-bond acceptors (Lipinski definition) is 4. The summed E-state index contributed by atoms with van der Waals surface area (Å²) in [7, 11) is 0. The molecule has 0 spiro atoms. The summed E-state index contributed by atoms with van der Waals surface area (Å²) in [5, 5.41) is 0.